The van der Waals surface area contributed by atoms with Gasteiger partial charge in [0.25, 0.3) is 0 Å². The first-order valence-corrected chi connectivity index (χ1v) is 4.60. The molecule has 0 aromatic carbocycles. The summed E-state index contributed by atoms with van der Waals surface area (Å²) >= 11 is 0. The van der Waals surface area contributed by atoms with Gasteiger partial charge in [-0.3, -0.25) is 4.79 Å². The van der Waals surface area contributed by atoms with Crippen molar-refractivity contribution in [1.29, 1.82) is 0 Å². The lowest BCUT2D eigenvalue weighted by Gasteiger charge is -2.22. The second-order valence-corrected chi connectivity index (χ2v) is 3.47. The minimum absolute atomic E-state index is 0.203. The Morgan fingerprint density at radius 1 is 1.36 bits per heavy atom. The summed E-state index contributed by atoms with van der Waals surface area (Å²) in [5.41, 5.74) is 0. The molecule has 5 nitrogen and oxygen atoms in total. The molecule has 0 rings (SSSR count). The molecule has 0 fully saturated rings. The Morgan fingerprint density at radius 3 is 2.14 bits per heavy atom. The zero-order valence-electron chi connectivity index (χ0n) is 8.65. The number of carbonyl (C=O) groups excluding carboxylic acids is 1. The molecular formula is C9H17NO4. The molecule has 0 aliphatic heterocycles. The van der Waals surface area contributed by atoms with Crippen molar-refractivity contribution in [1.82, 2.24) is 5.32 Å². The molecular weight excluding hydrogens is 186 g/mol. The van der Waals surface area contributed by atoms with Crippen molar-refractivity contribution in [3.05, 3.63) is 0 Å². The average Bonchev–Trinajstić information content (AvgIpc) is 2.11. The highest BCUT2D eigenvalue weighted by Crippen LogP contribution is 2.06. The summed E-state index contributed by atoms with van der Waals surface area (Å²) in [5, 5.41) is 20.5. The predicted octanol–water partition coefficient (Wildman–Crippen LogP) is -0.0173. The highest BCUT2D eigenvalue weighted by molar-refractivity contribution is 5.83. The van der Waals surface area contributed by atoms with E-state index < -0.39 is 18.1 Å². The van der Waals surface area contributed by atoms with Gasteiger partial charge in [0.05, 0.1) is 6.10 Å². The zero-order chi connectivity index (χ0) is 11.3. The van der Waals surface area contributed by atoms with Crippen LogP contribution in [0.15, 0.2) is 0 Å². The molecule has 0 spiro atoms. The fourth-order valence-corrected chi connectivity index (χ4v) is 0.954. The van der Waals surface area contributed by atoms with Gasteiger partial charge in [0, 0.05) is 6.42 Å². The first kappa shape index (κ1) is 12.9. The van der Waals surface area contributed by atoms with Crippen molar-refractivity contribution in [3.8, 4) is 0 Å². The van der Waals surface area contributed by atoms with Crippen molar-refractivity contribution >= 4 is 11.9 Å². The molecule has 0 heterocycles. The Balaban J connectivity index is 4.44. The summed E-state index contributed by atoms with van der Waals surface area (Å²) in [6.07, 6.45) is -0.864. The molecule has 1 amide bonds. The fraction of sp³-hybridized carbons (Fsp3) is 0.778. The maximum Gasteiger partial charge on any atom is 0.328 e. The molecule has 0 saturated heterocycles. The molecule has 14 heavy (non-hydrogen) atoms. The Hall–Kier alpha value is -1.10. The Labute approximate surface area is 83.1 Å². The van der Waals surface area contributed by atoms with E-state index in [4.69, 9.17) is 5.11 Å². The van der Waals surface area contributed by atoms with E-state index in [1.54, 1.807) is 20.8 Å². The minimum atomic E-state index is -1.22. The molecule has 0 aliphatic rings. The van der Waals surface area contributed by atoms with Crippen LogP contribution in [0.3, 0.4) is 0 Å². The SMILES string of the molecule is CCC(=O)N[C@H](C(=O)O)[C@H](O)C(C)C. The highest BCUT2D eigenvalue weighted by Gasteiger charge is 2.29. The van der Waals surface area contributed by atoms with Gasteiger partial charge in [0.15, 0.2) is 6.04 Å². The Kier molecular flexibility index (Phi) is 5.15. The fourth-order valence-electron chi connectivity index (χ4n) is 0.954. The van der Waals surface area contributed by atoms with Crippen LogP contribution in [0.25, 0.3) is 0 Å². The normalized spacial score (nSPS) is 14.9. The molecule has 0 saturated carbocycles. The number of carboxylic acid groups (broad SMARTS) is 1. The molecule has 0 unspecified atom stereocenters. The zero-order valence-corrected chi connectivity index (χ0v) is 8.65. The molecule has 2 atom stereocenters. The third kappa shape index (κ3) is 3.74. The highest BCUT2D eigenvalue weighted by atomic mass is 16.4. The van der Waals surface area contributed by atoms with Crippen LogP contribution in [-0.2, 0) is 9.59 Å². The van der Waals surface area contributed by atoms with Gasteiger partial charge in [-0.1, -0.05) is 20.8 Å². The smallest absolute Gasteiger partial charge is 0.328 e. The van der Waals surface area contributed by atoms with E-state index in [0.717, 1.165) is 0 Å². The van der Waals surface area contributed by atoms with Gasteiger partial charge in [-0.05, 0) is 5.92 Å². The number of rotatable bonds is 5. The molecule has 0 radical (unpaired) electrons. The number of amides is 1. The average molecular weight is 203 g/mol. The molecule has 0 aromatic rings. The van der Waals surface area contributed by atoms with Gasteiger partial charge < -0.3 is 15.5 Å². The molecule has 0 aliphatic carbocycles. The molecule has 82 valence electrons. The predicted molar refractivity (Wildman–Crippen MR) is 50.7 cm³/mol. The second kappa shape index (κ2) is 5.59. The van der Waals surface area contributed by atoms with E-state index in [1.807, 2.05) is 0 Å². The first-order valence-electron chi connectivity index (χ1n) is 4.60. The largest absolute Gasteiger partial charge is 0.480 e. The van der Waals surface area contributed by atoms with E-state index in [0.29, 0.717) is 0 Å². The standard InChI is InChI=1S/C9H17NO4/c1-4-6(11)10-7(9(13)14)8(12)5(2)3/h5,7-8,12H,4H2,1-3H3,(H,10,11)(H,13,14)/t7-,8+/m0/s1. The van der Waals surface area contributed by atoms with Crippen LogP contribution in [0.4, 0.5) is 0 Å². The lowest BCUT2D eigenvalue weighted by atomic mass is 9.99. The summed E-state index contributed by atoms with van der Waals surface area (Å²) in [4.78, 5) is 21.7. The van der Waals surface area contributed by atoms with Crippen LogP contribution in [0.5, 0.6) is 0 Å². The van der Waals surface area contributed by atoms with Crippen LogP contribution < -0.4 is 5.32 Å². The number of aliphatic hydroxyl groups excluding tert-OH is 1. The van der Waals surface area contributed by atoms with E-state index in [1.165, 1.54) is 0 Å². The third-order valence-electron chi connectivity index (χ3n) is 1.93. The van der Waals surface area contributed by atoms with E-state index in [9.17, 15) is 14.7 Å². The van der Waals surface area contributed by atoms with Crippen LogP contribution in [-0.4, -0.2) is 34.2 Å². The van der Waals surface area contributed by atoms with Crippen molar-refractivity contribution in [2.75, 3.05) is 0 Å². The van der Waals surface area contributed by atoms with Crippen LogP contribution in [0.1, 0.15) is 27.2 Å². The number of carbonyl (C=O) groups is 2. The van der Waals surface area contributed by atoms with Gasteiger partial charge in [-0.2, -0.15) is 0 Å². The molecule has 3 N–H and O–H groups in total. The van der Waals surface area contributed by atoms with E-state index >= 15 is 0 Å². The van der Waals surface area contributed by atoms with Gasteiger partial charge in [-0.15, -0.1) is 0 Å². The number of hydrogen-bond donors (Lipinski definition) is 3. The van der Waals surface area contributed by atoms with Gasteiger partial charge in [0.1, 0.15) is 0 Å². The summed E-state index contributed by atoms with van der Waals surface area (Å²) in [6, 6.07) is -1.22. The van der Waals surface area contributed by atoms with Crippen molar-refractivity contribution in [2.45, 2.75) is 39.3 Å². The van der Waals surface area contributed by atoms with Crippen LogP contribution in [0.2, 0.25) is 0 Å². The van der Waals surface area contributed by atoms with E-state index in [2.05, 4.69) is 5.32 Å². The summed E-state index contributed by atoms with van der Waals surface area (Å²) in [6.45, 7) is 5.01. The minimum Gasteiger partial charge on any atom is -0.480 e. The summed E-state index contributed by atoms with van der Waals surface area (Å²) in [5.74, 6) is -1.81. The second-order valence-electron chi connectivity index (χ2n) is 3.47. The topological polar surface area (TPSA) is 86.6 Å². The van der Waals surface area contributed by atoms with Gasteiger partial charge in [-0.25, -0.2) is 4.79 Å². The van der Waals surface area contributed by atoms with Crippen molar-refractivity contribution in [3.63, 3.8) is 0 Å². The maximum absolute atomic E-state index is 11.0. The first-order chi connectivity index (χ1) is 6.40. The number of hydrogen-bond acceptors (Lipinski definition) is 3. The van der Waals surface area contributed by atoms with Crippen molar-refractivity contribution in [2.24, 2.45) is 5.92 Å². The Bertz CT molecular complexity index is 215. The van der Waals surface area contributed by atoms with Crippen LogP contribution in [0, 0.1) is 5.92 Å². The number of nitrogens with one attached hydrogen (secondary N) is 1. The molecule has 5 heteroatoms. The van der Waals surface area contributed by atoms with Gasteiger partial charge >= 0.3 is 5.97 Å². The molecule has 0 bridgehead atoms. The van der Waals surface area contributed by atoms with Crippen molar-refractivity contribution < 1.29 is 19.8 Å². The monoisotopic (exact) mass is 203 g/mol. The number of aliphatic carboxylic acids is 1. The van der Waals surface area contributed by atoms with Gasteiger partial charge in [0.2, 0.25) is 5.91 Å². The summed E-state index contributed by atoms with van der Waals surface area (Å²) < 4.78 is 0. The third-order valence-corrected chi connectivity index (χ3v) is 1.93. The van der Waals surface area contributed by atoms with E-state index in [-0.39, 0.29) is 18.2 Å². The Morgan fingerprint density at radius 2 is 1.86 bits per heavy atom. The lowest BCUT2D eigenvalue weighted by molar-refractivity contribution is -0.146. The number of aliphatic hydroxyl groups is 1. The quantitative estimate of drug-likeness (QED) is 0.586. The number of carboxylic acids is 1. The molecule has 0 aromatic heterocycles. The lowest BCUT2D eigenvalue weighted by Crippen LogP contribution is -2.50. The van der Waals surface area contributed by atoms with Crippen LogP contribution >= 0.6 is 0 Å². The summed E-state index contributed by atoms with van der Waals surface area (Å²) in [7, 11) is 0. The maximum atomic E-state index is 11.0.